The zero-order valence-electron chi connectivity index (χ0n) is 11.8. The second-order valence-corrected chi connectivity index (χ2v) is 4.49. The number of aromatic nitrogens is 4. The molecule has 0 aromatic carbocycles. The van der Waals surface area contributed by atoms with Gasteiger partial charge in [-0.05, 0) is 27.2 Å². The van der Waals surface area contributed by atoms with Crippen LogP contribution in [0.2, 0.25) is 0 Å². The Labute approximate surface area is 112 Å². The van der Waals surface area contributed by atoms with E-state index in [1.807, 2.05) is 26.8 Å². The summed E-state index contributed by atoms with van der Waals surface area (Å²) in [6.07, 6.45) is 0.936. The van der Waals surface area contributed by atoms with Gasteiger partial charge in [-0.25, -0.2) is 9.67 Å². The summed E-state index contributed by atoms with van der Waals surface area (Å²) >= 11 is 0. The van der Waals surface area contributed by atoms with E-state index in [-0.39, 0.29) is 0 Å². The third-order valence-corrected chi connectivity index (χ3v) is 2.81. The van der Waals surface area contributed by atoms with Gasteiger partial charge in [-0.3, -0.25) is 0 Å². The van der Waals surface area contributed by atoms with E-state index in [1.54, 1.807) is 4.68 Å². The first kappa shape index (κ1) is 13.3. The van der Waals surface area contributed by atoms with E-state index in [0.29, 0.717) is 24.1 Å². The molecule has 6 nitrogen and oxygen atoms in total. The SMILES string of the molecule is CCCOc1cc(C)nc(-n2nc(C)c(N)c2C)n1. The Hall–Kier alpha value is -2.11. The van der Waals surface area contributed by atoms with E-state index in [9.17, 15) is 0 Å². The molecular formula is C13H19N5O. The molecule has 2 aromatic heterocycles. The standard InChI is InChI=1S/C13H19N5O/c1-5-6-19-11-7-8(2)15-13(16-11)18-10(4)12(14)9(3)17-18/h7H,5-6,14H2,1-4H3. The molecule has 0 radical (unpaired) electrons. The maximum Gasteiger partial charge on any atom is 0.254 e. The minimum Gasteiger partial charge on any atom is -0.478 e. The smallest absolute Gasteiger partial charge is 0.254 e. The van der Waals surface area contributed by atoms with Crippen LogP contribution in [0.25, 0.3) is 5.95 Å². The first-order valence-corrected chi connectivity index (χ1v) is 6.33. The molecule has 0 bridgehead atoms. The van der Waals surface area contributed by atoms with Gasteiger partial charge in [0, 0.05) is 11.8 Å². The Morgan fingerprint density at radius 2 is 2.00 bits per heavy atom. The van der Waals surface area contributed by atoms with Crippen molar-refractivity contribution in [3.05, 3.63) is 23.1 Å². The number of hydrogen-bond donors (Lipinski definition) is 1. The van der Waals surface area contributed by atoms with Crippen molar-refractivity contribution in [3.63, 3.8) is 0 Å². The van der Waals surface area contributed by atoms with Crippen LogP contribution in [0.1, 0.15) is 30.4 Å². The lowest BCUT2D eigenvalue weighted by Crippen LogP contribution is -2.08. The van der Waals surface area contributed by atoms with Crippen LogP contribution < -0.4 is 10.5 Å². The average molecular weight is 261 g/mol. The maximum absolute atomic E-state index is 5.93. The third-order valence-electron chi connectivity index (χ3n) is 2.81. The second-order valence-electron chi connectivity index (χ2n) is 4.49. The van der Waals surface area contributed by atoms with E-state index in [1.165, 1.54) is 0 Å². The lowest BCUT2D eigenvalue weighted by Gasteiger charge is -2.08. The molecule has 0 atom stereocenters. The molecule has 2 rings (SSSR count). The molecule has 2 aromatic rings. The molecule has 0 unspecified atom stereocenters. The van der Waals surface area contributed by atoms with Gasteiger partial charge in [-0.15, -0.1) is 0 Å². The van der Waals surface area contributed by atoms with Crippen molar-refractivity contribution in [2.24, 2.45) is 0 Å². The van der Waals surface area contributed by atoms with Gasteiger partial charge >= 0.3 is 0 Å². The lowest BCUT2D eigenvalue weighted by molar-refractivity contribution is 0.303. The highest BCUT2D eigenvalue weighted by atomic mass is 16.5. The number of anilines is 1. The summed E-state index contributed by atoms with van der Waals surface area (Å²) in [4.78, 5) is 8.75. The number of aryl methyl sites for hydroxylation is 2. The zero-order valence-corrected chi connectivity index (χ0v) is 11.8. The highest BCUT2D eigenvalue weighted by Crippen LogP contribution is 2.19. The monoisotopic (exact) mass is 261 g/mol. The van der Waals surface area contributed by atoms with Crippen molar-refractivity contribution >= 4 is 5.69 Å². The van der Waals surface area contributed by atoms with Gasteiger partial charge in [0.15, 0.2) is 0 Å². The number of nitrogens with two attached hydrogens (primary N) is 1. The van der Waals surface area contributed by atoms with Crippen molar-refractivity contribution in [1.82, 2.24) is 19.7 Å². The number of rotatable bonds is 4. The predicted octanol–water partition coefficient (Wildman–Crippen LogP) is 1.96. The minimum absolute atomic E-state index is 0.489. The molecule has 2 heterocycles. The van der Waals surface area contributed by atoms with E-state index < -0.39 is 0 Å². The fourth-order valence-corrected chi connectivity index (χ4v) is 1.75. The van der Waals surface area contributed by atoms with Crippen LogP contribution in [0.4, 0.5) is 5.69 Å². The van der Waals surface area contributed by atoms with Crippen LogP contribution in [0.5, 0.6) is 5.88 Å². The van der Waals surface area contributed by atoms with Gasteiger partial charge in [0.2, 0.25) is 5.88 Å². The summed E-state index contributed by atoms with van der Waals surface area (Å²) in [5.74, 6) is 1.05. The highest BCUT2D eigenvalue weighted by molar-refractivity contribution is 5.48. The predicted molar refractivity (Wildman–Crippen MR) is 73.6 cm³/mol. The van der Waals surface area contributed by atoms with Crippen LogP contribution in [-0.2, 0) is 0 Å². The van der Waals surface area contributed by atoms with Gasteiger partial charge < -0.3 is 10.5 Å². The normalized spacial score (nSPS) is 10.7. The molecule has 0 aliphatic carbocycles. The van der Waals surface area contributed by atoms with Gasteiger partial charge in [0.25, 0.3) is 5.95 Å². The summed E-state index contributed by atoms with van der Waals surface area (Å²) in [5, 5.41) is 4.35. The summed E-state index contributed by atoms with van der Waals surface area (Å²) in [7, 11) is 0. The Morgan fingerprint density at radius 1 is 1.26 bits per heavy atom. The van der Waals surface area contributed by atoms with Crippen LogP contribution >= 0.6 is 0 Å². The van der Waals surface area contributed by atoms with Crippen molar-refractivity contribution in [3.8, 4) is 11.8 Å². The topological polar surface area (TPSA) is 78.8 Å². The molecule has 102 valence electrons. The molecule has 0 saturated carbocycles. The second kappa shape index (κ2) is 5.26. The molecule has 0 aliphatic heterocycles. The van der Waals surface area contributed by atoms with Crippen LogP contribution in [-0.4, -0.2) is 26.4 Å². The number of ether oxygens (including phenoxy) is 1. The highest BCUT2D eigenvalue weighted by Gasteiger charge is 2.13. The molecular weight excluding hydrogens is 242 g/mol. The molecule has 0 amide bonds. The number of nitrogens with zero attached hydrogens (tertiary/aromatic N) is 4. The Kier molecular flexibility index (Phi) is 3.69. The van der Waals surface area contributed by atoms with Gasteiger partial charge in [0.05, 0.1) is 23.7 Å². The van der Waals surface area contributed by atoms with Gasteiger partial charge in [-0.1, -0.05) is 6.92 Å². The molecule has 2 N–H and O–H groups in total. The third kappa shape index (κ3) is 2.67. The van der Waals surface area contributed by atoms with E-state index in [2.05, 4.69) is 22.0 Å². The lowest BCUT2D eigenvalue weighted by atomic mass is 10.3. The van der Waals surface area contributed by atoms with Crippen molar-refractivity contribution in [2.75, 3.05) is 12.3 Å². The molecule has 0 spiro atoms. The largest absolute Gasteiger partial charge is 0.478 e. The fraction of sp³-hybridized carbons (Fsp3) is 0.462. The molecule has 0 aliphatic rings. The Bertz CT molecular complexity index is 591. The van der Waals surface area contributed by atoms with E-state index >= 15 is 0 Å². The van der Waals surface area contributed by atoms with Crippen LogP contribution in [0, 0.1) is 20.8 Å². The Morgan fingerprint density at radius 3 is 2.58 bits per heavy atom. The molecule has 6 heteroatoms. The fourth-order valence-electron chi connectivity index (χ4n) is 1.75. The quantitative estimate of drug-likeness (QED) is 0.910. The molecule has 0 fully saturated rings. The summed E-state index contributed by atoms with van der Waals surface area (Å²) in [6, 6.07) is 1.81. The van der Waals surface area contributed by atoms with Crippen LogP contribution in [0.3, 0.4) is 0 Å². The Balaban J connectivity index is 2.43. The minimum atomic E-state index is 0.489. The van der Waals surface area contributed by atoms with Gasteiger partial charge in [0.1, 0.15) is 0 Å². The summed E-state index contributed by atoms with van der Waals surface area (Å²) < 4.78 is 7.20. The first-order chi connectivity index (χ1) is 9.02. The summed E-state index contributed by atoms with van der Waals surface area (Å²) in [6.45, 7) is 8.35. The maximum atomic E-state index is 5.93. The van der Waals surface area contributed by atoms with E-state index in [4.69, 9.17) is 10.5 Å². The zero-order chi connectivity index (χ0) is 14.0. The number of nitrogen functional groups attached to an aromatic ring is 1. The van der Waals surface area contributed by atoms with Crippen molar-refractivity contribution in [2.45, 2.75) is 34.1 Å². The summed E-state index contributed by atoms with van der Waals surface area (Å²) in [5.41, 5.74) is 9.04. The number of hydrogen-bond acceptors (Lipinski definition) is 5. The van der Waals surface area contributed by atoms with Crippen LogP contribution in [0.15, 0.2) is 6.07 Å². The molecule has 19 heavy (non-hydrogen) atoms. The van der Waals surface area contributed by atoms with E-state index in [0.717, 1.165) is 23.5 Å². The average Bonchev–Trinajstić information content (AvgIpc) is 2.63. The van der Waals surface area contributed by atoms with Crippen molar-refractivity contribution in [1.29, 1.82) is 0 Å². The first-order valence-electron chi connectivity index (χ1n) is 6.33. The molecule has 0 saturated heterocycles. The van der Waals surface area contributed by atoms with Crippen molar-refractivity contribution < 1.29 is 4.74 Å². The van der Waals surface area contributed by atoms with Gasteiger partial charge in [-0.2, -0.15) is 10.1 Å².